The summed E-state index contributed by atoms with van der Waals surface area (Å²) in [5.74, 6) is -0.614. The molecule has 11 nitrogen and oxygen atoms in total. The van der Waals surface area contributed by atoms with Crippen molar-refractivity contribution >= 4 is 38.5 Å². The van der Waals surface area contributed by atoms with Gasteiger partial charge >= 0.3 is 0 Å². The Morgan fingerprint density at radius 1 is 0.942 bits per heavy atom. The van der Waals surface area contributed by atoms with Crippen LogP contribution in [-0.4, -0.2) is 95.0 Å². The molecule has 3 amide bonds. The summed E-state index contributed by atoms with van der Waals surface area (Å²) in [4.78, 5) is 48.1. The standard InChI is InChI=1S/C40H55N5O6S/c1-39(2,3)44-37(48)33-22-27-16-10-11-18-29(27)24-45(33)25-34(46)32(20-26-14-8-7-9-15-26)42-38(49)35(40(4,5)52(6,50)51)43-36(47)30-21-28-17-12-13-19-31(28)41-23-30/h7-9,12-15,17,19,21,23,27,29,32-35,46H,10-11,16,18,20,22,24-25H2,1-6H3,(H,42,49)(H,43,47)(H,44,48)/t27-,29+,32-,33-,34+,35+/m0/s1. The van der Waals surface area contributed by atoms with Crippen LogP contribution < -0.4 is 16.0 Å². The lowest BCUT2D eigenvalue weighted by atomic mass is 9.72. The van der Waals surface area contributed by atoms with E-state index < -0.39 is 56.2 Å². The summed E-state index contributed by atoms with van der Waals surface area (Å²) >= 11 is 0. The highest BCUT2D eigenvalue weighted by Gasteiger charge is 2.46. The minimum Gasteiger partial charge on any atom is -0.390 e. The summed E-state index contributed by atoms with van der Waals surface area (Å²) in [7, 11) is -3.90. The number of pyridine rings is 1. The first-order valence-corrected chi connectivity index (χ1v) is 20.3. The van der Waals surface area contributed by atoms with Gasteiger partial charge in [0, 0.05) is 36.5 Å². The molecule has 0 unspecified atom stereocenters. The highest BCUT2D eigenvalue weighted by molar-refractivity contribution is 7.92. The molecular formula is C40H55N5O6S. The average Bonchev–Trinajstić information content (AvgIpc) is 3.08. The zero-order valence-corrected chi connectivity index (χ0v) is 32.1. The van der Waals surface area contributed by atoms with Crippen molar-refractivity contribution in [2.75, 3.05) is 19.3 Å². The topological polar surface area (TPSA) is 158 Å². The number of rotatable bonds is 12. The second-order valence-electron chi connectivity index (χ2n) is 16.3. The molecule has 1 aromatic heterocycles. The zero-order valence-electron chi connectivity index (χ0n) is 31.3. The molecule has 12 heteroatoms. The lowest BCUT2D eigenvalue weighted by molar-refractivity contribution is -0.133. The number of hydrogen-bond donors (Lipinski definition) is 4. The van der Waals surface area contributed by atoms with Gasteiger partial charge in [0.25, 0.3) is 5.91 Å². The number of piperidine rings is 1. The molecule has 1 saturated heterocycles. The van der Waals surface area contributed by atoms with Gasteiger partial charge in [0.1, 0.15) is 6.04 Å². The Morgan fingerprint density at radius 2 is 1.60 bits per heavy atom. The largest absolute Gasteiger partial charge is 0.390 e. The smallest absolute Gasteiger partial charge is 0.253 e. The third-order valence-corrected chi connectivity index (χ3v) is 13.0. The van der Waals surface area contributed by atoms with E-state index in [1.165, 1.54) is 20.0 Å². The highest BCUT2D eigenvalue weighted by Crippen LogP contribution is 2.39. The monoisotopic (exact) mass is 733 g/mol. The number of hydrogen-bond acceptors (Lipinski definition) is 8. The number of fused-ring (bicyclic) bond motifs is 2. The number of carbonyl (C=O) groups excluding carboxylic acids is 3. The molecule has 2 aromatic carbocycles. The predicted molar refractivity (Wildman–Crippen MR) is 203 cm³/mol. The van der Waals surface area contributed by atoms with E-state index >= 15 is 0 Å². The molecule has 282 valence electrons. The van der Waals surface area contributed by atoms with Gasteiger partial charge in [-0.15, -0.1) is 0 Å². The van der Waals surface area contributed by atoms with Crippen molar-refractivity contribution < 1.29 is 27.9 Å². The van der Waals surface area contributed by atoms with Crippen LogP contribution in [0.15, 0.2) is 66.9 Å². The predicted octanol–water partition coefficient (Wildman–Crippen LogP) is 4.04. The SMILES string of the molecule is CC(C)(C)NC(=O)[C@@H]1C[C@@H]2CCCC[C@@H]2CN1C[C@@H](O)[C@H](Cc1ccccc1)NC(=O)[C@@H](NC(=O)c1cnc2ccccc2c1)C(C)(C)S(C)(=O)=O. The maximum atomic E-state index is 14.3. The molecule has 0 spiro atoms. The summed E-state index contributed by atoms with van der Waals surface area (Å²) in [5.41, 5.74) is 1.29. The van der Waals surface area contributed by atoms with Crippen LogP contribution in [0.3, 0.4) is 0 Å². The minimum absolute atomic E-state index is 0.0757. The van der Waals surface area contributed by atoms with Crippen LogP contribution in [0, 0.1) is 11.8 Å². The van der Waals surface area contributed by atoms with E-state index in [9.17, 15) is 27.9 Å². The van der Waals surface area contributed by atoms with Gasteiger partial charge in [0.15, 0.2) is 9.84 Å². The number of aliphatic hydroxyl groups is 1. The third kappa shape index (κ3) is 9.56. The van der Waals surface area contributed by atoms with Crippen LogP contribution in [0.5, 0.6) is 0 Å². The number of amides is 3. The molecule has 4 N–H and O–H groups in total. The van der Waals surface area contributed by atoms with Crippen LogP contribution in [-0.2, 0) is 25.8 Å². The Balaban J connectivity index is 1.43. The number of carbonyl (C=O) groups is 3. The summed E-state index contributed by atoms with van der Waals surface area (Å²) in [6, 6.07) is 15.5. The molecule has 0 radical (unpaired) electrons. The van der Waals surface area contributed by atoms with Gasteiger partial charge in [-0.05, 0) is 83.4 Å². The number of benzene rings is 2. The number of sulfone groups is 1. The van der Waals surface area contributed by atoms with Crippen molar-refractivity contribution in [2.45, 2.75) is 108 Å². The van der Waals surface area contributed by atoms with Crippen molar-refractivity contribution in [2.24, 2.45) is 11.8 Å². The molecule has 2 heterocycles. The summed E-state index contributed by atoms with van der Waals surface area (Å²) in [5, 5.41) is 21.5. The van der Waals surface area contributed by atoms with Gasteiger partial charge in [-0.3, -0.25) is 24.3 Å². The van der Waals surface area contributed by atoms with Gasteiger partial charge in [-0.1, -0.05) is 67.8 Å². The number of aliphatic hydroxyl groups excluding tert-OH is 1. The van der Waals surface area contributed by atoms with Crippen LogP contribution >= 0.6 is 0 Å². The van der Waals surface area contributed by atoms with Crippen LogP contribution in [0.2, 0.25) is 0 Å². The van der Waals surface area contributed by atoms with E-state index in [1.54, 1.807) is 6.07 Å². The van der Waals surface area contributed by atoms with E-state index in [0.29, 0.717) is 30.3 Å². The average molecular weight is 734 g/mol. The van der Waals surface area contributed by atoms with E-state index in [2.05, 4.69) is 25.8 Å². The molecule has 6 atom stereocenters. The lowest BCUT2D eigenvalue weighted by Crippen LogP contribution is -2.64. The van der Waals surface area contributed by atoms with Crippen LogP contribution in [0.25, 0.3) is 10.9 Å². The summed E-state index contributed by atoms with van der Waals surface area (Å²) < 4.78 is 24.6. The van der Waals surface area contributed by atoms with E-state index in [0.717, 1.165) is 42.9 Å². The maximum absolute atomic E-state index is 14.3. The number of β-amino-alcohol motifs (C(OH)–C–C–N with tert-alkyl or cyclic N) is 1. The number of nitrogens with zero attached hydrogens (tertiary/aromatic N) is 2. The Hall–Kier alpha value is -3.87. The van der Waals surface area contributed by atoms with Crippen LogP contribution in [0.4, 0.5) is 0 Å². The van der Waals surface area contributed by atoms with Gasteiger partial charge < -0.3 is 21.1 Å². The fourth-order valence-electron chi connectivity index (χ4n) is 7.59. The first-order valence-electron chi connectivity index (χ1n) is 18.4. The normalized spacial score (nSPS) is 21.7. The fourth-order valence-corrected chi connectivity index (χ4v) is 8.18. The zero-order chi connectivity index (χ0) is 37.8. The molecule has 2 fully saturated rings. The Morgan fingerprint density at radius 3 is 2.27 bits per heavy atom. The molecule has 5 rings (SSSR count). The first kappa shape index (κ1) is 39.3. The van der Waals surface area contributed by atoms with E-state index in [1.807, 2.05) is 75.4 Å². The number of para-hydroxylation sites is 1. The molecule has 52 heavy (non-hydrogen) atoms. The van der Waals surface area contributed by atoms with Crippen molar-refractivity contribution in [3.8, 4) is 0 Å². The lowest BCUT2D eigenvalue weighted by Gasteiger charge is -2.47. The van der Waals surface area contributed by atoms with Gasteiger partial charge in [0.2, 0.25) is 11.8 Å². The van der Waals surface area contributed by atoms with Crippen molar-refractivity contribution in [1.29, 1.82) is 0 Å². The molecule has 2 aliphatic rings. The summed E-state index contributed by atoms with van der Waals surface area (Å²) in [6.45, 7) is 9.44. The highest BCUT2D eigenvalue weighted by atomic mass is 32.2. The van der Waals surface area contributed by atoms with Crippen LogP contribution in [0.1, 0.15) is 82.6 Å². The maximum Gasteiger partial charge on any atom is 0.253 e. The van der Waals surface area contributed by atoms with E-state index in [4.69, 9.17) is 0 Å². The molecule has 3 aromatic rings. The molecule has 1 aliphatic heterocycles. The first-order chi connectivity index (χ1) is 24.4. The molecule has 1 saturated carbocycles. The number of aromatic nitrogens is 1. The van der Waals surface area contributed by atoms with Gasteiger partial charge in [0.05, 0.1) is 34.0 Å². The Bertz CT molecular complexity index is 1840. The number of likely N-dealkylation sites (tertiary alicyclic amines) is 1. The molecule has 0 bridgehead atoms. The third-order valence-electron chi connectivity index (χ3n) is 10.9. The van der Waals surface area contributed by atoms with E-state index in [-0.39, 0.29) is 24.4 Å². The Labute approximate surface area is 308 Å². The quantitative estimate of drug-likeness (QED) is 0.217. The number of nitrogens with one attached hydrogen (secondary N) is 3. The van der Waals surface area contributed by atoms with Crippen molar-refractivity contribution in [3.63, 3.8) is 0 Å². The van der Waals surface area contributed by atoms with Crippen molar-refractivity contribution in [1.82, 2.24) is 25.8 Å². The summed E-state index contributed by atoms with van der Waals surface area (Å²) in [6.07, 6.45) is 6.69. The Kier molecular flexibility index (Phi) is 12.1. The second-order valence-corrected chi connectivity index (χ2v) is 18.9. The van der Waals surface area contributed by atoms with Gasteiger partial charge in [-0.25, -0.2) is 8.42 Å². The molecular weight excluding hydrogens is 679 g/mol. The fraction of sp³-hybridized carbons (Fsp3) is 0.550. The van der Waals surface area contributed by atoms with Crippen molar-refractivity contribution in [3.05, 3.63) is 78.0 Å². The minimum atomic E-state index is -3.90. The second kappa shape index (κ2) is 16.0. The molecule has 1 aliphatic carbocycles. The van der Waals surface area contributed by atoms with Gasteiger partial charge in [-0.2, -0.15) is 0 Å².